The van der Waals surface area contributed by atoms with Crippen molar-refractivity contribution >= 4 is 11.9 Å². The van der Waals surface area contributed by atoms with E-state index in [9.17, 15) is 9.59 Å². The highest BCUT2D eigenvalue weighted by molar-refractivity contribution is 5.78. The molecule has 0 aromatic rings. The SMILES string of the molecule is CCC(C)C(=O)NCC(C)CC(=O)O. The van der Waals surface area contributed by atoms with Crippen LogP contribution in [0.3, 0.4) is 0 Å². The van der Waals surface area contributed by atoms with Crippen LogP contribution in [0.25, 0.3) is 0 Å². The molecule has 2 unspecified atom stereocenters. The van der Waals surface area contributed by atoms with Crippen LogP contribution >= 0.6 is 0 Å². The molecule has 4 nitrogen and oxygen atoms in total. The van der Waals surface area contributed by atoms with E-state index in [0.29, 0.717) is 6.54 Å². The van der Waals surface area contributed by atoms with E-state index in [1.54, 1.807) is 0 Å². The third kappa shape index (κ3) is 5.56. The largest absolute Gasteiger partial charge is 0.481 e. The molecular formula is C10H19NO3. The molecule has 0 saturated heterocycles. The number of carboxylic acids is 1. The number of hydrogen-bond donors (Lipinski definition) is 2. The van der Waals surface area contributed by atoms with Crippen LogP contribution in [0.4, 0.5) is 0 Å². The van der Waals surface area contributed by atoms with E-state index < -0.39 is 5.97 Å². The molecule has 0 radical (unpaired) electrons. The molecule has 0 saturated carbocycles. The summed E-state index contributed by atoms with van der Waals surface area (Å²) in [5.41, 5.74) is 0. The number of hydrogen-bond acceptors (Lipinski definition) is 2. The van der Waals surface area contributed by atoms with Gasteiger partial charge in [-0.15, -0.1) is 0 Å². The minimum atomic E-state index is -0.824. The lowest BCUT2D eigenvalue weighted by Gasteiger charge is -2.13. The Morgan fingerprint density at radius 1 is 1.36 bits per heavy atom. The predicted molar refractivity (Wildman–Crippen MR) is 53.9 cm³/mol. The Bertz CT molecular complexity index is 204. The molecule has 0 spiro atoms. The van der Waals surface area contributed by atoms with Crippen molar-refractivity contribution in [2.45, 2.75) is 33.6 Å². The van der Waals surface area contributed by atoms with Crippen molar-refractivity contribution in [3.05, 3.63) is 0 Å². The highest BCUT2D eigenvalue weighted by Gasteiger charge is 2.12. The zero-order valence-corrected chi connectivity index (χ0v) is 9.04. The van der Waals surface area contributed by atoms with E-state index >= 15 is 0 Å². The van der Waals surface area contributed by atoms with E-state index in [-0.39, 0.29) is 24.2 Å². The quantitative estimate of drug-likeness (QED) is 0.680. The van der Waals surface area contributed by atoms with Crippen LogP contribution in [-0.4, -0.2) is 23.5 Å². The molecule has 0 aliphatic rings. The smallest absolute Gasteiger partial charge is 0.303 e. The van der Waals surface area contributed by atoms with Gasteiger partial charge in [-0.25, -0.2) is 0 Å². The summed E-state index contributed by atoms with van der Waals surface area (Å²) in [6, 6.07) is 0. The van der Waals surface area contributed by atoms with Crippen molar-refractivity contribution in [1.29, 1.82) is 0 Å². The monoisotopic (exact) mass is 201 g/mol. The molecule has 0 aromatic heterocycles. The fraction of sp³-hybridized carbons (Fsp3) is 0.800. The Kier molecular flexibility index (Phi) is 5.92. The first-order chi connectivity index (χ1) is 6.47. The predicted octanol–water partition coefficient (Wildman–Crippen LogP) is 1.26. The first-order valence-corrected chi connectivity index (χ1v) is 4.96. The number of carboxylic acid groups (broad SMARTS) is 1. The van der Waals surface area contributed by atoms with Crippen molar-refractivity contribution in [1.82, 2.24) is 5.32 Å². The second-order valence-electron chi connectivity index (χ2n) is 3.76. The van der Waals surface area contributed by atoms with E-state index in [4.69, 9.17) is 5.11 Å². The number of nitrogens with one attached hydrogen (secondary N) is 1. The van der Waals surface area contributed by atoms with Gasteiger partial charge in [0, 0.05) is 18.9 Å². The second kappa shape index (κ2) is 6.40. The van der Waals surface area contributed by atoms with Gasteiger partial charge >= 0.3 is 5.97 Å². The normalized spacial score (nSPS) is 14.5. The van der Waals surface area contributed by atoms with Crippen LogP contribution in [0.15, 0.2) is 0 Å². The molecule has 0 aliphatic carbocycles. The Labute approximate surface area is 84.7 Å². The summed E-state index contributed by atoms with van der Waals surface area (Å²) in [7, 11) is 0. The molecule has 1 amide bonds. The fourth-order valence-corrected chi connectivity index (χ4v) is 1.00. The maximum atomic E-state index is 11.3. The zero-order chi connectivity index (χ0) is 11.1. The number of aliphatic carboxylic acids is 1. The summed E-state index contributed by atoms with van der Waals surface area (Å²) in [4.78, 5) is 21.6. The van der Waals surface area contributed by atoms with Gasteiger partial charge in [0.1, 0.15) is 0 Å². The highest BCUT2D eigenvalue weighted by Crippen LogP contribution is 2.02. The Morgan fingerprint density at radius 2 is 1.93 bits per heavy atom. The van der Waals surface area contributed by atoms with Gasteiger partial charge in [-0.3, -0.25) is 9.59 Å². The van der Waals surface area contributed by atoms with E-state index in [0.717, 1.165) is 6.42 Å². The molecule has 2 atom stereocenters. The standard InChI is InChI=1S/C10H19NO3/c1-4-8(3)10(14)11-6-7(2)5-9(12)13/h7-8H,4-6H2,1-3H3,(H,11,14)(H,12,13). The number of amides is 1. The molecule has 4 heteroatoms. The van der Waals surface area contributed by atoms with Crippen LogP contribution in [0.5, 0.6) is 0 Å². The van der Waals surface area contributed by atoms with Gasteiger partial charge < -0.3 is 10.4 Å². The van der Waals surface area contributed by atoms with Gasteiger partial charge in [0.2, 0.25) is 5.91 Å². The molecular weight excluding hydrogens is 182 g/mol. The first kappa shape index (κ1) is 12.9. The lowest BCUT2D eigenvalue weighted by Crippen LogP contribution is -2.33. The van der Waals surface area contributed by atoms with Crippen molar-refractivity contribution in [3.8, 4) is 0 Å². The van der Waals surface area contributed by atoms with E-state index in [1.165, 1.54) is 0 Å². The topological polar surface area (TPSA) is 66.4 Å². The summed E-state index contributed by atoms with van der Waals surface area (Å²) in [5, 5.41) is 11.2. The summed E-state index contributed by atoms with van der Waals surface area (Å²) >= 11 is 0. The third-order valence-corrected chi connectivity index (χ3v) is 2.21. The molecule has 82 valence electrons. The number of carbonyl (C=O) groups is 2. The third-order valence-electron chi connectivity index (χ3n) is 2.21. The summed E-state index contributed by atoms with van der Waals surface area (Å²) in [5.74, 6) is -0.826. The Hall–Kier alpha value is -1.06. The van der Waals surface area contributed by atoms with Crippen molar-refractivity contribution in [2.24, 2.45) is 11.8 Å². The zero-order valence-electron chi connectivity index (χ0n) is 9.04. The van der Waals surface area contributed by atoms with Crippen molar-refractivity contribution in [2.75, 3.05) is 6.54 Å². The van der Waals surface area contributed by atoms with Crippen molar-refractivity contribution < 1.29 is 14.7 Å². The van der Waals surface area contributed by atoms with Crippen LogP contribution in [0.1, 0.15) is 33.6 Å². The molecule has 0 rings (SSSR count). The second-order valence-corrected chi connectivity index (χ2v) is 3.76. The number of rotatable bonds is 6. The fourth-order valence-electron chi connectivity index (χ4n) is 1.00. The maximum absolute atomic E-state index is 11.3. The molecule has 0 aliphatic heterocycles. The minimum absolute atomic E-state index is 0.00439. The van der Waals surface area contributed by atoms with Gasteiger partial charge in [0.25, 0.3) is 0 Å². The van der Waals surface area contributed by atoms with Gasteiger partial charge in [-0.2, -0.15) is 0 Å². The van der Waals surface area contributed by atoms with Crippen molar-refractivity contribution in [3.63, 3.8) is 0 Å². The van der Waals surface area contributed by atoms with Crippen LogP contribution in [0, 0.1) is 11.8 Å². The average Bonchev–Trinajstić information content (AvgIpc) is 2.11. The van der Waals surface area contributed by atoms with Gasteiger partial charge in [0.15, 0.2) is 0 Å². The highest BCUT2D eigenvalue weighted by atomic mass is 16.4. The van der Waals surface area contributed by atoms with Crippen LogP contribution in [0.2, 0.25) is 0 Å². The van der Waals surface area contributed by atoms with Crippen LogP contribution < -0.4 is 5.32 Å². The van der Waals surface area contributed by atoms with E-state index in [2.05, 4.69) is 5.32 Å². The lowest BCUT2D eigenvalue weighted by molar-refractivity contribution is -0.138. The molecule has 0 bridgehead atoms. The van der Waals surface area contributed by atoms with E-state index in [1.807, 2.05) is 20.8 Å². The maximum Gasteiger partial charge on any atom is 0.303 e. The molecule has 14 heavy (non-hydrogen) atoms. The van der Waals surface area contributed by atoms with Gasteiger partial charge in [0.05, 0.1) is 0 Å². The van der Waals surface area contributed by atoms with Gasteiger partial charge in [-0.05, 0) is 12.3 Å². The average molecular weight is 201 g/mol. The molecule has 0 aromatic carbocycles. The number of carbonyl (C=O) groups excluding carboxylic acids is 1. The van der Waals surface area contributed by atoms with Crippen LogP contribution in [-0.2, 0) is 9.59 Å². The summed E-state index contributed by atoms with van der Waals surface area (Å²) in [6.45, 7) is 6.06. The molecule has 2 N–H and O–H groups in total. The molecule has 0 heterocycles. The Morgan fingerprint density at radius 3 is 2.36 bits per heavy atom. The first-order valence-electron chi connectivity index (χ1n) is 4.96. The van der Waals surface area contributed by atoms with Gasteiger partial charge in [-0.1, -0.05) is 20.8 Å². The lowest BCUT2D eigenvalue weighted by atomic mass is 10.1. The molecule has 0 fully saturated rings. The minimum Gasteiger partial charge on any atom is -0.481 e. The Balaban J connectivity index is 3.71. The summed E-state index contributed by atoms with van der Waals surface area (Å²) < 4.78 is 0. The summed E-state index contributed by atoms with van der Waals surface area (Å²) in [6.07, 6.45) is 0.903.